The Morgan fingerprint density at radius 1 is 1.17 bits per heavy atom. The summed E-state index contributed by atoms with van der Waals surface area (Å²) in [5.74, 6) is -1.74. The third-order valence-corrected chi connectivity index (χ3v) is 8.97. The maximum atomic E-state index is 14.9. The van der Waals surface area contributed by atoms with Crippen molar-refractivity contribution in [1.82, 2.24) is 14.9 Å². The van der Waals surface area contributed by atoms with E-state index in [0.717, 1.165) is 18.1 Å². The summed E-state index contributed by atoms with van der Waals surface area (Å²) in [6.45, 7) is 4.03. The number of carbonyl (C=O) groups is 2. The summed E-state index contributed by atoms with van der Waals surface area (Å²) in [4.78, 5) is 24.0. The first kappa shape index (κ1) is 25.1. The zero-order chi connectivity index (χ0) is 25.1. The van der Waals surface area contributed by atoms with Gasteiger partial charge in [0.15, 0.2) is 0 Å². The van der Waals surface area contributed by atoms with Gasteiger partial charge in [-0.2, -0.15) is 4.31 Å². The molecule has 1 aliphatic heterocycles. The van der Waals surface area contributed by atoms with Gasteiger partial charge in [-0.15, -0.1) is 0 Å². The number of benzene rings is 2. The Balaban J connectivity index is 1.45. The molecule has 1 saturated heterocycles. The Hall–Kier alpha value is -3.04. The van der Waals surface area contributed by atoms with Gasteiger partial charge in [-0.05, 0) is 68.4 Å². The molecule has 0 aromatic heterocycles. The predicted molar refractivity (Wildman–Crippen MR) is 131 cm³/mol. The molecule has 4 rings (SSSR count). The number of sulfonamides is 1. The normalized spacial score (nSPS) is 19.5. The van der Waals surface area contributed by atoms with Gasteiger partial charge >= 0.3 is 0 Å². The summed E-state index contributed by atoms with van der Waals surface area (Å²) in [5, 5.41) is 5.56. The van der Waals surface area contributed by atoms with E-state index in [1.54, 1.807) is 0 Å². The molecule has 1 saturated carbocycles. The molecule has 35 heavy (non-hydrogen) atoms. The molecule has 1 spiro atoms. The molecule has 1 unspecified atom stereocenters. The minimum absolute atomic E-state index is 0.133. The molecule has 0 radical (unpaired) electrons. The van der Waals surface area contributed by atoms with E-state index in [1.807, 2.05) is 30.3 Å². The molecule has 186 valence electrons. The Labute approximate surface area is 205 Å². The van der Waals surface area contributed by atoms with E-state index in [9.17, 15) is 22.4 Å². The SMILES string of the molecule is C=CC(=O)NC1CCN(S(=O)(=O)c2ccc(C(=O)NCCc3ccccc3)c(F)c2)C2(CCC2)C1. The lowest BCUT2D eigenvalue weighted by Gasteiger charge is -2.54. The highest BCUT2D eigenvalue weighted by Crippen LogP contribution is 2.47. The number of carbonyl (C=O) groups excluding carboxylic acids is 2. The van der Waals surface area contributed by atoms with E-state index in [2.05, 4.69) is 17.2 Å². The summed E-state index contributed by atoms with van der Waals surface area (Å²) in [5.41, 5.74) is 0.272. The van der Waals surface area contributed by atoms with Crippen LogP contribution in [0.4, 0.5) is 4.39 Å². The van der Waals surface area contributed by atoms with E-state index >= 15 is 0 Å². The molecule has 0 bridgehead atoms. The predicted octanol–water partition coefficient (Wildman–Crippen LogP) is 3.18. The number of piperidine rings is 1. The lowest BCUT2D eigenvalue weighted by Crippen LogP contribution is -2.63. The minimum Gasteiger partial charge on any atom is -0.352 e. The summed E-state index contributed by atoms with van der Waals surface area (Å²) >= 11 is 0. The fraction of sp³-hybridized carbons (Fsp3) is 0.385. The summed E-state index contributed by atoms with van der Waals surface area (Å²) in [7, 11) is -3.98. The number of hydrogen-bond donors (Lipinski definition) is 2. The van der Waals surface area contributed by atoms with Gasteiger partial charge in [0.1, 0.15) is 5.82 Å². The van der Waals surface area contributed by atoms with Crippen LogP contribution >= 0.6 is 0 Å². The van der Waals surface area contributed by atoms with Gasteiger partial charge in [-0.1, -0.05) is 36.9 Å². The largest absolute Gasteiger partial charge is 0.352 e. The maximum absolute atomic E-state index is 14.9. The lowest BCUT2D eigenvalue weighted by molar-refractivity contribution is -0.117. The van der Waals surface area contributed by atoms with Crippen molar-refractivity contribution in [3.05, 3.63) is 78.1 Å². The quantitative estimate of drug-likeness (QED) is 0.546. The van der Waals surface area contributed by atoms with Crippen LogP contribution in [0.5, 0.6) is 0 Å². The highest BCUT2D eigenvalue weighted by molar-refractivity contribution is 7.89. The van der Waals surface area contributed by atoms with Crippen molar-refractivity contribution in [1.29, 1.82) is 0 Å². The molecule has 2 N–H and O–H groups in total. The highest BCUT2D eigenvalue weighted by Gasteiger charge is 2.51. The van der Waals surface area contributed by atoms with Gasteiger partial charge in [0.25, 0.3) is 5.91 Å². The molecule has 2 fully saturated rings. The lowest BCUT2D eigenvalue weighted by atomic mass is 9.70. The zero-order valence-corrected chi connectivity index (χ0v) is 20.3. The molecule has 2 aromatic rings. The molecule has 7 nitrogen and oxygen atoms in total. The molecular weight excluding hydrogens is 469 g/mol. The molecule has 1 aliphatic carbocycles. The van der Waals surface area contributed by atoms with Crippen LogP contribution in [0.1, 0.15) is 48.0 Å². The van der Waals surface area contributed by atoms with Crippen LogP contribution in [0.3, 0.4) is 0 Å². The minimum atomic E-state index is -3.98. The first-order valence-electron chi connectivity index (χ1n) is 11.8. The Bertz CT molecular complexity index is 1210. The van der Waals surface area contributed by atoms with Gasteiger partial charge in [0.2, 0.25) is 15.9 Å². The summed E-state index contributed by atoms with van der Waals surface area (Å²) < 4.78 is 43.3. The average molecular weight is 500 g/mol. The second-order valence-electron chi connectivity index (χ2n) is 9.19. The Morgan fingerprint density at radius 2 is 1.91 bits per heavy atom. The topological polar surface area (TPSA) is 95.6 Å². The molecule has 1 atom stereocenters. The van der Waals surface area contributed by atoms with Crippen molar-refractivity contribution in [2.45, 2.75) is 55.0 Å². The summed E-state index contributed by atoms with van der Waals surface area (Å²) in [6, 6.07) is 12.9. The van der Waals surface area contributed by atoms with Crippen LogP contribution in [-0.4, -0.2) is 49.2 Å². The monoisotopic (exact) mass is 499 g/mol. The standard InChI is InChI=1S/C26H30FN3O4S/c1-2-24(31)29-20-12-16-30(26(18-20)13-6-14-26)35(33,34)21-9-10-22(23(27)17-21)25(32)28-15-11-19-7-4-3-5-8-19/h2-5,7-10,17,20H,1,6,11-16,18H2,(H,28,32)(H,29,31). The smallest absolute Gasteiger partial charge is 0.254 e. The van der Waals surface area contributed by atoms with Crippen LogP contribution in [0.25, 0.3) is 0 Å². The molecule has 2 amide bonds. The third kappa shape index (κ3) is 5.31. The van der Waals surface area contributed by atoms with Gasteiger partial charge in [0, 0.05) is 24.7 Å². The van der Waals surface area contributed by atoms with E-state index in [0.29, 0.717) is 38.6 Å². The summed E-state index contributed by atoms with van der Waals surface area (Å²) in [6.07, 6.45) is 5.06. The fourth-order valence-corrected chi connectivity index (χ4v) is 6.86. The van der Waals surface area contributed by atoms with Crippen molar-refractivity contribution in [3.8, 4) is 0 Å². The van der Waals surface area contributed by atoms with Crippen molar-refractivity contribution in [2.24, 2.45) is 0 Å². The number of halogens is 1. The van der Waals surface area contributed by atoms with E-state index in [4.69, 9.17) is 0 Å². The number of nitrogens with zero attached hydrogens (tertiary/aromatic N) is 1. The van der Waals surface area contributed by atoms with Crippen LogP contribution in [0.15, 0.2) is 66.1 Å². The van der Waals surface area contributed by atoms with Crippen LogP contribution in [0.2, 0.25) is 0 Å². The molecule has 2 aromatic carbocycles. The first-order chi connectivity index (χ1) is 16.7. The highest BCUT2D eigenvalue weighted by atomic mass is 32.2. The third-order valence-electron chi connectivity index (χ3n) is 6.97. The Morgan fingerprint density at radius 3 is 2.54 bits per heavy atom. The molecule has 1 heterocycles. The fourth-order valence-electron chi connectivity index (χ4n) is 5.00. The second kappa shape index (κ2) is 10.3. The van der Waals surface area contributed by atoms with Crippen LogP contribution < -0.4 is 10.6 Å². The van der Waals surface area contributed by atoms with E-state index < -0.39 is 27.3 Å². The maximum Gasteiger partial charge on any atom is 0.254 e. The van der Waals surface area contributed by atoms with Crippen molar-refractivity contribution in [3.63, 3.8) is 0 Å². The number of amides is 2. The molecule has 9 heteroatoms. The van der Waals surface area contributed by atoms with Crippen molar-refractivity contribution >= 4 is 21.8 Å². The second-order valence-corrected chi connectivity index (χ2v) is 11.1. The van der Waals surface area contributed by atoms with Crippen molar-refractivity contribution in [2.75, 3.05) is 13.1 Å². The average Bonchev–Trinajstić information content (AvgIpc) is 2.83. The number of nitrogens with one attached hydrogen (secondary N) is 2. The van der Waals surface area contributed by atoms with Gasteiger partial charge < -0.3 is 10.6 Å². The number of hydrogen-bond acceptors (Lipinski definition) is 4. The number of rotatable bonds is 8. The van der Waals surface area contributed by atoms with E-state index in [1.165, 1.54) is 22.5 Å². The van der Waals surface area contributed by atoms with Crippen molar-refractivity contribution < 1.29 is 22.4 Å². The van der Waals surface area contributed by atoms with Crippen LogP contribution in [-0.2, 0) is 21.2 Å². The van der Waals surface area contributed by atoms with Gasteiger partial charge in [-0.3, -0.25) is 9.59 Å². The van der Waals surface area contributed by atoms with Gasteiger partial charge in [-0.25, -0.2) is 12.8 Å². The Kier molecular flexibility index (Phi) is 7.37. The molecular formula is C26H30FN3O4S. The zero-order valence-electron chi connectivity index (χ0n) is 19.5. The first-order valence-corrected chi connectivity index (χ1v) is 13.3. The van der Waals surface area contributed by atoms with Gasteiger partial charge in [0.05, 0.1) is 10.5 Å². The molecule has 2 aliphatic rings. The van der Waals surface area contributed by atoms with Crippen LogP contribution in [0, 0.1) is 5.82 Å². The van der Waals surface area contributed by atoms with E-state index in [-0.39, 0.29) is 29.0 Å².